The van der Waals surface area contributed by atoms with Crippen LogP contribution in [-0.2, 0) is 4.79 Å². The van der Waals surface area contributed by atoms with Gasteiger partial charge in [-0.25, -0.2) is 4.98 Å². The molecule has 2 N–H and O–H groups in total. The average Bonchev–Trinajstić information content (AvgIpc) is 3.28. The van der Waals surface area contributed by atoms with Crippen LogP contribution in [0.25, 0.3) is 10.9 Å². The van der Waals surface area contributed by atoms with E-state index in [2.05, 4.69) is 31.5 Å². The van der Waals surface area contributed by atoms with Crippen molar-refractivity contribution in [3.63, 3.8) is 0 Å². The number of benzene rings is 1. The largest absolute Gasteiger partial charge is 0.368 e. The Balaban J connectivity index is 1.60. The van der Waals surface area contributed by atoms with E-state index >= 15 is 0 Å². The van der Waals surface area contributed by atoms with Crippen molar-refractivity contribution in [2.75, 3.05) is 18.4 Å². The highest BCUT2D eigenvalue weighted by Crippen LogP contribution is 2.29. The van der Waals surface area contributed by atoms with Crippen LogP contribution in [-0.4, -0.2) is 24.0 Å². The van der Waals surface area contributed by atoms with E-state index in [1.807, 2.05) is 24.3 Å². The molecule has 1 aromatic heterocycles. The molecule has 0 aliphatic heterocycles. The second-order valence-corrected chi connectivity index (χ2v) is 6.47. The van der Waals surface area contributed by atoms with E-state index in [1.54, 1.807) is 0 Å². The van der Waals surface area contributed by atoms with Gasteiger partial charge in [-0.1, -0.05) is 27.5 Å². The van der Waals surface area contributed by atoms with E-state index in [4.69, 9.17) is 11.6 Å². The summed E-state index contributed by atoms with van der Waals surface area (Å²) < 4.78 is 0.935. The fraction of sp³-hybridized carbons (Fsp3) is 0.333. The Bertz CT molecular complexity index is 688. The summed E-state index contributed by atoms with van der Waals surface area (Å²) in [7, 11) is 0. The molecule has 0 unspecified atom stereocenters. The molecule has 0 radical (unpaired) electrons. The number of rotatable bonds is 5. The normalized spacial score (nSPS) is 14.2. The molecule has 1 amide bonds. The Kier molecular flexibility index (Phi) is 4.31. The van der Waals surface area contributed by atoms with Gasteiger partial charge < -0.3 is 10.6 Å². The van der Waals surface area contributed by atoms with Gasteiger partial charge in [0.1, 0.15) is 5.82 Å². The van der Waals surface area contributed by atoms with Crippen LogP contribution < -0.4 is 10.6 Å². The lowest BCUT2D eigenvalue weighted by Crippen LogP contribution is -2.29. The van der Waals surface area contributed by atoms with Gasteiger partial charge in [0.25, 0.3) is 0 Å². The molecule has 1 fully saturated rings. The zero-order valence-electron chi connectivity index (χ0n) is 11.3. The van der Waals surface area contributed by atoms with Crippen molar-refractivity contribution in [1.82, 2.24) is 10.3 Å². The molecule has 1 aliphatic rings. The standard InChI is InChI=1S/C15H15BrClN3O/c16-11-7-10-3-4-13(20-14(10)12(17)8-11)18-5-6-19-15(21)9-1-2-9/h3-4,7-9H,1-2,5-6H2,(H,18,20)(H,19,21). The van der Waals surface area contributed by atoms with E-state index in [0.717, 1.165) is 34.0 Å². The molecule has 21 heavy (non-hydrogen) atoms. The molecule has 0 spiro atoms. The fourth-order valence-electron chi connectivity index (χ4n) is 2.12. The van der Waals surface area contributed by atoms with Gasteiger partial charge >= 0.3 is 0 Å². The van der Waals surface area contributed by atoms with Crippen molar-refractivity contribution in [2.24, 2.45) is 5.92 Å². The SMILES string of the molecule is O=C(NCCNc1ccc2cc(Br)cc(Cl)c2n1)C1CC1. The molecular weight excluding hydrogens is 354 g/mol. The molecule has 0 saturated heterocycles. The van der Waals surface area contributed by atoms with Crippen molar-refractivity contribution in [3.8, 4) is 0 Å². The Morgan fingerprint density at radius 2 is 2.14 bits per heavy atom. The van der Waals surface area contributed by atoms with E-state index < -0.39 is 0 Å². The summed E-state index contributed by atoms with van der Waals surface area (Å²) in [5.74, 6) is 1.17. The number of carbonyl (C=O) groups is 1. The van der Waals surface area contributed by atoms with Gasteiger partial charge in [0, 0.05) is 28.9 Å². The first-order valence-electron chi connectivity index (χ1n) is 6.91. The molecule has 110 valence electrons. The van der Waals surface area contributed by atoms with Crippen molar-refractivity contribution in [1.29, 1.82) is 0 Å². The highest BCUT2D eigenvalue weighted by molar-refractivity contribution is 9.10. The number of nitrogens with one attached hydrogen (secondary N) is 2. The highest BCUT2D eigenvalue weighted by Gasteiger charge is 2.28. The summed E-state index contributed by atoms with van der Waals surface area (Å²) in [6.45, 7) is 1.24. The highest BCUT2D eigenvalue weighted by atomic mass is 79.9. The molecule has 0 bridgehead atoms. The molecule has 1 saturated carbocycles. The number of hydrogen-bond acceptors (Lipinski definition) is 3. The minimum absolute atomic E-state index is 0.163. The van der Waals surface area contributed by atoms with Crippen molar-refractivity contribution < 1.29 is 4.79 Å². The number of fused-ring (bicyclic) bond motifs is 1. The number of hydrogen-bond donors (Lipinski definition) is 2. The summed E-state index contributed by atoms with van der Waals surface area (Å²) >= 11 is 9.62. The van der Waals surface area contributed by atoms with E-state index in [1.165, 1.54) is 0 Å². The monoisotopic (exact) mass is 367 g/mol. The lowest BCUT2D eigenvalue weighted by Gasteiger charge is -2.09. The fourth-order valence-corrected chi connectivity index (χ4v) is 3.00. The van der Waals surface area contributed by atoms with Crippen LogP contribution in [0.4, 0.5) is 5.82 Å². The lowest BCUT2D eigenvalue weighted by atomic mass is 10.2. The second kappa shape index (κ2) is 6.20. The third-order valence-corrected chi connectivity index (χ3v) is 4.14. The molecular formula is C15H15BrClN3O. The first-order valence-corrected chi connectivity index (χ1v) is 8.08. The molecule has 2 aromatic rings. The number of pyridine rings is 1. The second-order valence-electron chi connectivity index (χ2n) is 5.15. The quantitative estimate of drug-likeness (QED) is 0.793. The third kappa shape index (κ3) is 3.66. The van der Waals surface area contributed by atoms with Gasteiger partial charge in [-0.2, -0.15) is 0 Å². The summed E-state index contributed by atoms with van der Waals surface area (Å²) in [6.07, 6.45) is 2.05. The maximum absolute atomic E-state index is 11.5. The average molecular weight is 369 g/mol. The van der Waals surface area contributed by atoms with Gasteiger partial charge in [-0.15, -0.1) is 0 Å². The number of aromatic nitrogens is 1. The molecule has 6 heteroatoms. The van der Waals surface area contributed by atoms with E-state index in [-0.39, 0.29) is 11.8 Å². The third-order valence-electron chi connectivity index (χ3n) is 3.39. The lowest BCUT2D eigenvalue weighted by molar-refractivity contribution is -0.122. The van der Waals surface area contributed by atoms with Crippen LogP contribution in [0.15, 0.2) is 28.7 Å². The first kappa shape index (κ1) is 14.6. The van der Waals surface area contributed by atoms with Crippen LogP contribution >= 0.6 is 27.5 Å². The predicted molar refractivity (Wildman–Crippen MR) is 88.7 cm³/mol. The Hall–Kier alpha value is -1.33. The van der Waals surface area contributed by atoms with Crippen LogP contribution in [0.3, 0.4) is 0 Å². The van der Waals surface area contributed by atoms with E-state index in [0.29, 0.717) is 18.1 Å². The van der Waals surface area contributed by atoms with Crippen LogP contribution in [0, 0.1) is 5.92 Å². The number of carbonyl (C=O) groups excluding carboxylic acids is 1. The zero-order chi connectivity index (χ0) is 14.8. The van der Waals surface area contributed by atoms with Gasteiger partial charge in [0.15, 0.2) is 0 Å². The van der Waals surface area contributed by atoms with Crippen molar-refractivity contribution in [2.45, 2.75) is 12.8 Å². The van der Waals surface area contributed by atoms with Crippen molar-refractivity contribution in [3.05, 3.63) is 33.8 Å². The molecule has 4 nitrogen and oxygen atoms in total. The molecule has 3 rings (SSSR count). The van der Waals surface area contributed by atoms with Crippen LogP contribution in [0.2, 0.25) is 5.02 Å². The molecule has 1 aliphatic carbocycles. The Morgan fingerprint density at radius 1 is 1.33 bits per heavy atom. The summed E-state index contributed by atoms with van der Waals surface area (Å²) in [4.78, 5) is 16.0. The summed E-state index contributed by atoms with van der Waals surface area (Å²) in [5, 5.41) is 7.71. The van der Waals surface area contributed by atoms with Gasteiger partial charge in [-0.05, 0) is 37.1 Å². The molecule has 1 aromatic carbocycles. The molecule has 1 heterocycles. The minimum atomic E-state index is 0.163. The maximum Gasteiger partial charge on any atom is 0.223 e. The topological polar surface area (TPSA) is 54.0 Å². The number of anilines is 1. The number of halogens is 2. The smallest absolute Gasteiger partial charge is 0.223 e. The van der Waals surface area contributed by atoms with Crippen LogP contribution in [0.1, 0.15) is 12.8 Å². The summed E-state index contributed by atoms with van der Waals surface area (Å²) in [5.41, 5.74) is 0.770. The maximum atomic E-state index is 11.5. The van der Waals surface area contributed by atoms with Gasteiger partial charge in [-0.3, -0.25) is 4.79 Å². The zero-order valence-corrected chi connectivity index (χ0v) is 13.7. The predicted octanol–water partition coefficient (Wildman–Crippen LogP) is 3.59. The van der Waals surface area contributed by atoms with E-state index in [9.17, 15) is 4.79 Å². The van der Waals surface area contributed by atoms with Crippen molar-refractivity contribution >= 4 is 50.2 Å². The van der Waals surface area contributed by atoms with Gasteiger partial charge in [0.05, 0.1) is 10.5 Å². The number of amides is 1. The van der Waals surface area contributed by atoms with Gasteiger partial charge in [0.2, 0.25) is 5.91 Å². The Morgan fingerprint density at radius 3 is 2.90 bits per heavy atom. The van der Waals surface area contributed by atoms with Crippen LogP contribution in [0.5, 0.6) is 0 Å². The number of nitrogens with zero attached hydrogens (tertiary/aromatic N) is 1. The summed E-state index contributed by atoms with van der Waals surface area (Å²) in [6, 6.07) is 7.70. The Labute approximate surface area is 136 Å². The minimum Gasteiger partial charge on any atom is -0.368 e. The molecule has 0 atom stereocenters. The first-order chi connectivity index (χ1) is 10.1.